The van der Waals surface area contributed by atoms with Gasteiger partial charge in [-0.2, -0.15) is 0 Å². The Kier molecular flexibility index (Phi) is 5.50. The summed E-state index contributed by atoms with van der Waals surface area (Å²) in [6.45, 7) is 1.57. The average Bonchev–Trinajstić information content (AvgIpc) is 2.45. The molecule has 2 rings (SSSR count). The van der Waals surface area contributed by atoms with Crippen LogP contribution in [-0.2, 0) is 4.79 Å². The minimum atomic E-state index is -0.733. The summed E-state index contributed by atoms with van der Waals surface area (Å²) in [5.41, 5.74) is 5.83. The Labute approximate surface area is 122 Å². The normalized spacial score (nSPS) is 18.6. The van der Waals surface area contributed by atoms with Gasteiger partial charge in [-0.3, -0.25) is 4.79 Å². The van der Waals surface area contributed by atoms with Crippen LogP contribution in [0.4, 0.5) is 8.78 Å². The third-order valence-electron chi connectivity index (χ3n) is 3.50. The molecular weight excluding hydrogens is 278 g/mol. The molecule has 1 aromatic rings. The molecule has 1 atom stereocenters. The number of amides is 1. The molecule has 0 aliphatic carbocycles. The summed E-state index contributed by atoms with van der Waals surface area (Å²) in [5.74, 6) is -1.32. The molecule has 2 N–H and O–H groups in total. The molecule has 6 heteroatoms. The number of piperidine rings is 1. The van der Waals surface area contributed by atoms with Gasteiger partial charge >= 0.3 is 0 Å². The summed E-state index contributed by atoms with van der Waals surface area (Å²) in [5, 5.41) is 0. The highest BCUT2D eigenvalue weighted by atomic mass is 19.1. The van der Waals surface area contributed by atoms with Crippen molar-refractivity contribution in [2.24, 2.45) is 5.73 Å². The fourth-order valence-electron chi connectivity index (χ4n) is 2.39. The molecule has 4 nitrogen and oxygen atoms in total. The van der Waals surface area contributed by atoms with Gasteiger partial charge in [-0.05, 0) is 31.4 Å². The SMILES string of the molecule is N[C@H]1CCCN(C(=O)CCCOc2ccc(F)cc2F)C1. The quantitative estimate of drug-likeness (QED) is 0.847. The number of nitrogens with zero attached hydrogens (tertiary/aromatic N) is 1. The number of ether oxygens (including phenoxy) is 1. The van der Waals surface area contributed by atoms with E-state index in [0.717, 1.165) is 31.5 Å². The van der Waals surface area contributed by atoms with E-state index in [2.05, 4.69) is 0 Å². The number of nitrogens with two attached hydrogens (primary N) is 1. The molecule has 1 aliphatic heterocycles. The number of hydrogen-bond acceptors (Lipinski definition) is 3. The Morgan fingerprint density at radius 3 is 2.95 bits per heavy atom. The average molecular weight is 298 g/mol. The summed E-state index contributed by atoms with van der Waals surface area (Å²) in [6, 6.07) is 3.22. The Morgan fingerprint density at radius 2 is 2.24 bits per heavy atom. The second-order valence-electron chi connectivity index (χ2n) is 5.27. The molecule has 1 saturated heterocycles. The number of likely N-dealkylation sites (tertiary alicyclic amines) is 1. The van der Waals surface area contributed by atoms with Crippen LogP contribution in [0.15, 0.2) is 18.2 Å². The maximum Gasteiger partial charge on any atom is 0.222 e. The first-order chi connectivity index (χ1) is 10.1. The van der Waals surface area contributed by atoms with Crippen LogP contribution < -0.4 is 10.5 Å². The van der Waals surface area contributed by atoms with Gasteiger partial charge in [0, 0.05) is 31.6 Å². The minimum Gasteiger partial charge on any atom is -0.491 e. The van der Waals surface area contributed by atoms with Gasteiger partial charge in [-0.15, -0.1) is 0 Å². The van der Waals surface area contributed by atoms with E-state index in [9.17, 15) is 13.6 Å². The van der Waals surface area contributed by atoms with Crippen molar-refractivity contribution in [3.8, 4) is 5.75 Å². The van der Waals surface area contributed by atoms with E-state index in [0.29, 0.717) is 19.4 Å². The van der Waals surface area contributed by atoms with Gasteiger partial charge in [0.05, 0.1) is 6.61 Å². The third kappa shape index (κ3) is 4.67. The number of carbonyl (C=O) groups excluding carboxylic acids is 1. The zero-order valence-electron chi connectivity index (χ0n) is 11.9. The first-order valence-electron chi connectivity index (χ1n) is 7.17. The standard InChI is InChI=1S/C15H20F2N2O2/c16-11-5-6-14(13(17)9-11)21-8-2-4-15(20)19-7-1-3-12(18)10-19/h5-6,9,12H,1-4,7-8,10,18H2/t12-/m0/s1. The zero-order chi connectivity index (χ0) is 15.2. The Morgan fingerprint density at radius 1 is 1.43 bits per heavy atom. The van der Waals surface area contributed by atoms with Crippen molar-refractivity contribution in [1.82, 2.24) is 4.90 Å². The number of benzene rings is 1. The molecule has 1 amide bonds. The molecule has 21 heavy (non-hydrogen) atoms. The second kappa shape index (κ2) is 7.36. The third-order valence-corrected chi connectivity index (χ3v) is 3.50. The maximum atomic E-state index is 13.3. The predicted molar refractivity (Wildman–Crippen MR) is 74.9 cm³/mol. The second-order valence-corrected chi connectivity index (χ2v) is 5.27. The van der Waals surface area contributed by atoms with Gasteiger partial charge in [-0.1, -0.05) is 0 Å². The van der Waals surface area contributed by atoms with Crippen molar-refractivity contribution >= 4 is 5.91 Å². The number of carbonyl (C=O) groups is 1. The van der Waals surface area contributed by atoms with Gasteiger partial charge in [0.1, 0.15) is 5.82 Å². The Balaban J connectivity index is 1.70. The molecule has 1 fully saturated rings. The van der Waals surface area contributed by atoms with Crippen LogP contribution in [0.3, 0.4) is 0 Å². The van der Waals surface area contributed by atoms with Crippen molar-refractivity contribution in [2.45, 2.75) is 31.7 Å². The van der Waals surface area contributed by atoms with E-state index < -0.39 is 11.6 Å². The van der Waals surface area contributed by atoms with E-state index in [1.54, 1.807) is 4.90 Å². The zero-order valence-corrected chi connectivity index (χ0v) is 11.9. The highest BCUT2D eigenvalue weighted by Gasteiger charge is 2.20. The first kappa shape index (κ1) is 15.7. The summed E-state index contributed by atoms with van der Waals surface area (Å²) in [6.07, 6.45) is 2.72. The molecular formula is C15H20F2N2O2. The maximum absolute atomic E-state index is 13.3. The van der Waals surface area contributed by atoms with Gasteiger partial charge in [0.15, 0.2) is 11.6 Å². The van der Waals surface area contributed by atoms with Crippen molar-refractivity contribution in [1.29, 1.82) is 0 Å². The largest absolute Gasteiger partial charge is 0.491 e. The van der Waals surface area contributed by atoms with E-state index in [1.165, 1.54) is 6.07 Å². The van der Waals surface area contributed by atoms with Crippen LogP contribution in [0.5, 0.6) is 5.75 Å². The summed E-state index contributed by atoms with van der Waals surface area (Å²) in [4.78, 5) is 13.7. The molecule has 116 valence electrons. The lowest BCUT2D eigenvalue weighted by atomic mass is 10.1. The molecule has 0 aromatic heterocycles. The summed E-state index contributed by atoms with van der Waals surface area (Å²) in [7, 11) is 0. The van der Waals surface area contributed by atoms with Crippen molar-refractivity contribution in [3.05, 3.63) is 29.8 Å². The molecule has 0 bridgehead atoms. The molecule has 0 saturated carbocycles. The van der Waals surface area contributed by atoms with Gasteiger partial charge in [-0.25, -0.2) is 8.78 Å². The van der Waals surface area contributed by atoms with E-state index >= 15 is 0 Å². The van der Waals surface area contributed by atoms with Crippen molar-refractivity contribution in [3.63, 3.8) is 0 Å². The topological polar surface area (TPSA) is 55.6 Å². The van der Waals surface area contributed by atoms with Crippen molar-refractivity contribution in [2.75, 3.05) is 19.7 Å². The van der Waals surface area contributed by atoms with Crippen LogP contribution in [0.1, 0.15) is 25.7 Å². The predicted octanol–water partition coefficient (Wildman–Crippen LogP) is 2.07. The van der Waals surface area contributed by atoms with Crippen LogP contribution in [0.25, 0.3) is 0 Å². The lowest BCUT2D eigenvalue weighted by Crippen LogP contribution is -2.45. The molecule has 0 radical (unpaired) electrons. The monoisotopic (exact) mass is 298 g/mol. The molecule has 1 aromatic carbocycles. The lowest BCUT2D eigenvalue weighted by molar-refractivity contribution is -0.132. The number of hydrogen-bond donors (Lipinski definition) is 1. The Hall–Kier alpha value is -1.69. The highest BCUT2D eigenvalue weighted by Crippen LogP contribution is 2.18. The van der Waals surface area contributed by atoms with E-state index in [1.807, 2.05) is 0 Å². The van der Waals surface area contributed by atoms with Crippen LogP contribution in [0.2, 0.25) is 0 Å². The van der Waals surface area contributed by atoms with Crippen LogP contribution in [0, 0.1) is 11.6 Å². The van der Waals surface area contributed by atoms with Gasteiger partial charge < -0.3 is 15.4 Å². The summed E-state index contributed by atoms with van der Waals surface area (Å²) < 4.78 is 31.3. The van der Waals surface area contributed by atoms with Gasteiger partial charge in [0.25, 0.3) is 0 Å². The van der Waals surface area contributed by atoms with Crippen molar-refractivity contribution < 1.29 is 18.3 Å². The highest BCUT2D eigenvalue weighted by molar-refractivity contribution is 5.76. The smallest absolute Gasteiger partial charge is 0.222 e. The molecule has 1 heterocycles. The van der Waals surface area contributed by atoms with E-state index in [4.69, 9.17) is 10.5 Å². The molecule has 0 spiro atoms. The van der Waals surface area contributed by atoms with Gasteiger partial charge in [0.2, 0.25) is 5.91 Å². The first-order valence-corrected chi connectivity index (χ1v) is 7.17. The van der Waals surface area contributed by atoms with Crippen LogP contribution in [-0.4, -0.2) is 36.5 Å². The van der Waals surface area contributed by atoms with Crippen LogP contribution >= 0.6 is 0 Å². The number of halogens is 2. The fraction of sp³-hybridized carbons (Fsp3) is 0.533. The van der Waals surface area contributed by atoms with E-state index in [-0.39, 0.29) is 24.3 Å². The lowest BCUT2D eigenvalue weighted by Gasteiger charge is -2.30. The molecule has 1 aliphatic rings. The summed E-state index contributed by atoms with van der Waals surface area (Å²) >= 11 is 0. The Bertz CT molecular complexity index is 497. The fourth-order valence-corrected chi connectivity index (χ4v) is 2.39. The number of rotatable bonds is 5. The molecule has 0 unspecified atom stereocenters. The minimum absolute atomic E-state index is 0.00356.